The molecule has 6 aromatic carbocycles. The first-order valence-corrected chi connectivity index (χ1v) is 24.4. The van der Waals surface area contributed by atoms with E-state index >= 15 is 0 Å². The predicted octanol–water partition coefficient (Wildman–Crippen LogP) is 12.9. The monoisotopic (exact) mass is 768 g/mol. The van der Waals surface area contributed by atoms with Crippen LogP contribution in [0.25, 0.3) is 21.5 Å². The summed E-state index contributed by atoms with van der Waals surface area (Å²) in [4.78, 5) is 0. The van der Waals surface area contributed by atoms with Gasteiger partial charge in [0.25, 0.3) is 0 Å². The molecule has 2 radical (unpaired) electrons. The van der Waals surface area contributed by atoms with Gasteiger partial charge in [-0.25, -0.2) is 0 Å². The van der Waals surface area contributed by atoms with Crippen LogP contribution >= 0.6 is 17.0 Å². The number of hydrogen-bond acceptors (Lipinski definition) is 0. The van der Waals surface area contributed by atoms with Crippen LogP contribution < -0.4 is 10.4 Å². The Balaban J connectivity index is 0.000000188. The number of halogens is 2. The van der Waals surface area contributed by atoms with Gasteiger partial charge in [-0.05, 0) is 23.7 Å². The Morgan fingerprint density at radius 2 is 0.833 bits per heavy atom. The van der Waals surface area contributed by atoms with Crippen molar-refractivity contribution < 1.29 is 20.8 Å². The second-order valence-electron chi connectivity index (χ2n) is 13.8. The molecule has 0 heterocycles. The third-order valence-electron chi connectivity index (χ3n) is 8.46. The Morgan fingerprint density at radius 3 is 1.12 bits per heavy atom. The Hall–Kier alpha value is -2.22. The maximum absolute atomic E-state index is 4.93. The van der Waals surface area contributed by atoms with Crippen molar-refractivity contribution in [3.8, 4) is 0 Å². The summed E-state index contributed by atoms with van der Waals surface area (Å²) in [5.41, 5.74) is 8.66. The average Bonchev–Trinajstić information content (AvgIpc) is 3.62. The molecule has 0 nitrogen and oxygen atoms in total. The van der Waals surface area contributed by atoms with E-state index in [0.717, 1.165) is 9.52 Å². The first-order chi connectivity index (χ1) is 22.8. The molecule has 0 aliphatic rings. The molecule has 0 atom stereocenters. The minimum atomic E-state index is -0.826. The van der Waals surface area contributed by atoms with E-state index in [4.69, 9.17) is 17.0 Å². The molecular formula is C44H52Cl2SiZr. The van der Waals surface area contributed by atoms with Gasteiger partial charge in [-0.3, -0.25) is 0 Å². The minimum absolute atomic E-state index is 0.600. The summed E-state index contributed by atoms with van der Waals surface area (Å²) in [6.45, 7) is 22.5. The fourth-order valence-corrected chi connectivity index (χ4v) is 6.93. The second-order valence-corrected chi connectivity index (χ2v) is 19.0. The van der Waals surface area contributed by atoms with E-state index in [0.29, 0.717) is 23.7 Å². The Bertz CT molecular complexity index is 1680. The van der Waals surface area contributed by atoms with Crippen molar-refractivity contribution in [2.45, 2.75) is 92.9 Å². The molecule has 0 aliphatic heterocycles. The quantitative estimate of drug-likeness (QED) is 0.117. The van der Waals surface area contributed by atoms with Crippen LogP contribution in [0.4, 0.5) is 0 Å². The van der Waals surface area contributed by atoms with E-state index in [1.165, 1.54) is 65.3 Å². The normalized spacial score (nSPS) is 10.8. The van der Waals surface area contributed by atoms with E-state index in [2.05, 4.69) is 178 Å². The van der Waals surface area contributed by atoms with Crippen molar-refractivity contribution in [1.29, 1.82) is 0 Å². The molecule has 0 aliphatic carbocycles. The van der Waals surface area contributed by atoms with Crippen molar-refractivity contribution in [3.05, 3.63) is 143 Å². The van der Waals surface area contributed by atoms with Gasteiger partial charge in [0.2, 0.25) is 0 Å². The topological polar surface area (TPSA) is 0 Å². The molecule has 0 unspecified atom stereocenters. The Labute approximate surface area is 312 Å². The standard InChI is InChI=1S/2C16H21.C12H10Si.2ClH.Zr/c2*1-10(2)13-8-14-6-12(5)7-16(14)15(9-13)11(3)4;1-3-7-11(8-4-1)13-12-9-5-2-6-10-12;;;/h2*6-11H,1-5H3;1-10H;2*1H;/q2*-1;;;;+4/p-2. The number of rotatable bonds is 6. The molecule has 0 aromatic heterocycles. The summed E-state index contributed by atoms with van der Waals surface area (Å²) in [5.74, 6) is 2.42. The zero-order valence-corrected chi connectivity index (χ0v) is 35.4. The van der Waals surface area contributed by atoms with E-state index in [9.17, 15) is 0 Å². The molecule has 48 heavy (non-hydrogen) atoms. The summed E-state index contributed by atoms with van der Waals surface area (Å²) in [6.07, 6.45) is 0. The van der Waals surface area contributed by atoms with Crippen LogP contribution in [0.1, 0.15) is 112 Å². The van der Waals surface area contributed by atoms with E-state index in [-0.39, 0.29) is 0 Å². The SMILES string of the molecule is Cc1cc2c(C(C)C)cc(C(C)C)cc2[cH-]1.Cc1cc2c(C(C)C)cc(C(C)C)cc2[cH-]1.[Cl][Zr+2][Cl].c1ccc([Si]c2ccccc2)cc1. The molecule has 6 aromatic rings. The molecule has 0 saturated heterocycles. The molecule has 250 valence electrons. The van der Waals surface area contributed by atoms with Crippen molar-refractivity contribution in [1.82, 2.24) is 0 Å². The van der Waals surface area contributed by atoms with Gasteiger partial charge in [-0.15, -0.1) is 56.9 Å². The summed E-state index contributed by atoms with van der Waals surface area (Å²) in [5, 5.41) is 8.50. The molecule has 0 bridgehead atoms. The average molecular weight is 771 g/mol. The van der Waals surface area contributed by atoms with Crippen LogP contribution in [0.15, 0.2) is 109 Å². The third-order valence-corrected chi connectivity index (χ3v) is 9.70. The smallest absolute Gasteiger partial charge is 0.0631 e. The van der Waals surface area contributed by atoms with Crippen LogP contribution in [0.3, 0.4) is 0 Å². The van der Waals surface area contributed by atoms with E-state index in [1.807, 2.05) is 0 Å². The molecule has 0 N–H and O–H groups in total. The number of fused-ring (bicyclic) bond motifs is 2. The van der Waals surface area contributed by atoms with E-state index in [1.54, 1.807) is 0 Å². The third kappa shape index (κ3) is 12.0. The van der Waals surface area contributed by atoms with Crippen molar-refractivity contribution in [2.24, 2.45) is 0 Å². The van der Waals surface area contributed by atoms with Crippen LogP contribution in [-0.2, 0) is 20.8 Å². The van der Waals surface area contributed by atoms with Gasteiger partial charge >= 0.3 is 37.9 Å². The van der Waals surface area contributed by atoms with Gasteiger partial charge in [0.1, 0.15) is 9.52 Å². The molecule has 0 spiro atoms. The van der Waals surface area contributed by atoms with Crippen LogP contribution in [0.2, 0.25) is 0 Å². The second kappa shape index (κ2) is 19.8. The fourth-order valence-electron chi connectivity index (χ4n) is 5.88. The molecule has 0 saturated carbocycles. The first kappa shape index (κ1) is 40.2. The molecular weight excluding hydrogens is 719 g/mol. The zero-order valence-electron chi connectivity index (χ0n) is 30.5. The summed E-state index contributed by atoms with van der Waals surface area (Å²) in [6, 6.07) is 39.8. The molecule has 0 fully saturated rings. The molecule has 0 amide bonds. The zero-order chi connectivity index (χ0) is 35.4. The van der Waals surface area contributed by atoms with Gasteiger partial charge in [0.15, 0.2) is 0 Å². The van der Waals surface area contributed by atoms with Crippen LogP contribution in [0.5, 0.6) is 0 Å². The largest absolute Gasteiger partial charge is 0.121 e. The van der Waals surface area contributed by atoms with Crippen LogP contribution in [-0.4, -0.2) is 9.52 Å². The Morgan fingerprint density at radius 1 is 0.500 bits per heavy atom. The van der Waals surface area contributed by atoms with Gasteiger partial charge in [-0.1, -0.05) is 175 Å². The number of hydrogen-bond donors (Lipinski definition) is 0. The van der Waals surface area contributed by atoms with Gasteiger partial charge < -0.3 is 0 Å². The minimum Gasteiger partial charge on any atom is -0.0631 e. The maximum Gasteiger partial charge on any atom is 0.121 e. The molecule has 4 heteroatoms. The Kier molecular flexibility index (Phi) is 16.6. The molecule has 6 rings (SSSR count). The summed E-state index contributed by atoms with van der Waals surface area (Å²) in [7, 11) is 10.6. The summed E-state index contributed by atoms with van der Waals surface area (Å²) >= 11 is -0.826. The van der Waals surface area contributed by atoms with Crippen molar-refractivity contribution in [2.75, 3.05) is 0 Å². The van der Waals surface area contributed by atoms with E-state index < -0.39 is 20.8 Å². The fraction of sp³-hybridized carbons (Fsp3) is 0.318. The number of aryl methyl sites for hydroxylation is 2. The van der Waals surface area contributed by atoms with Gasteiger partial charge in [0, 0.05) is 0 Å². The van der Waals surface area contributed by atoms with Gasteiger partial charge in [0.05, 0.1) is 0 Å². The van der Waals surface area contributed by atoms with Crippen molar-refractivity contribution in [3.63, 3.8) is 0 Å². The number of benzene rings is 4. The van der Waals surface area contributed by atoms with Gasteiger partial charge in [-0.2, -0.15) is 12.1 Å². The van der Waals surface area contributed by atoms with Crippen molar-refractivity contribution >= 4 is 58.5 Å². The first-order valence-electron chi connectivity index (χ1n) is 17.1. The summed E-state index contributed by atoms with van der Waals surface area (Å²) < 4.78 is 0. The maximum atomic E-state index is 4.93. The van der Waals surface area contributed by atoms with Crippen LogP contribution in [0, 0.1) is 13.8 Å². The predicted molar refractivity (Wildman–Crippen MR) is 215 cm³/mol.